The van der Waals surface area contributed by atoms with Gasteiger partial charge >= 0.3 is 0 Å². The van der Waals surface area contributed by atoms with Gasteiger partial charge in [-0.1, -0.05) is 27.7 Å². The molecule has 0 saturated carbocycles. The van der Waals surface area contributed by atoms with E-state index in [0.29, 0.717) is 11.8 Å². The Kier molecular flexibility index (Phi) is 6.08. The van der Waals surface area contributed by atoms with Gasteiger partial charge in [0.1, 0.15) is 0 Å². The minimum Gasteiger partial charge on any atom is -0.305 e. The molecule has 0 aliphatic rings. The van der Waals surface area contributed by atoms with Crippen molar-refractivity contribution in [2.75, 3.05) is 20.1 Å². The Bertz CT molecular complexity index is 193. The third-order valence-electron chi connectivity index (χ3n) is 2.25. The van der Waals surface area contributed by atoms with Crippen LogP contribution < -0.4 is 0 Å². The summed E-state index contributed by atoms with van der Waals surface area (Å²) < 4.78 is 1.28. The number of halogens is 1. The second-order valence-electron chi connectivity index (χ2n) is 5.13. The van der Waals surface area contributed by atoms with Crippen molar-refractivity contribution in [1.82, 2.24) is 0 Å². The van der Waals surface area contributed by atoms with E-state index in [1.165, 1.54) is 0 Å². The fraction of sp³-hybridized carbons (Fsp3) is 0.833. The highest BCUT2D eigenvalue weighted by molar-refractivity contribution is 14.1. The van der Waals surface area contributed by atoms with Crippen molar-refractivity contribution in [3.05, 3.63) is 0 Å². The fourth-order valence-electron chi connectivity index (χ4n) is 2.11. The molecular weight excluding hydrogens is 285 g/mol. The molecule has 0 spiro atoms. The summed E-state index contributed by atoms with van der Waals surface area (Å²) in [6.45, 7) is 11.4. The molecule has 0 aromatic heterocycles. The van der Waals surface area contributed by atoms with Gasteiger partial charge in [0, 0.05) is 34.4 Å². The van der Waals surface area contributed by atoms with E-state index in [2.05, 4.69) is 63.3 Å². The van der Waals surface area contributed by atoms with Crippen LogP contribution in [0.3, 0.4) is 0 Å². The van der Waals surface area contributed by atoms with Crippen LogP contribution in [0, 0.1) is 24.2 Å². The number of nitrogens with zero attached hydrogens (tertiary/aromatic N) is 1. The summed E-state index contributed by atoms with van der Waals surface area (Å²) in [6, 6.07) is 0. The topological polar surface area (TPSA) is 0 Å². The molecule has 0 aromatic carbocycles. The van der Waals surface area contributed by atoms with Crippen LogP contribution in [0.25, 0.3) is 0 Å². The molecule has 0 fully saturated rings. The lowest BCUT2D eigenvalue weighted by molar-refractivity contribution is -0.913. The number of hydrogen-bond donors (Lipinski definition) is 0. The van der Waals surface area contributed by atoms with Gasteiger partial charge in [0.25, 0.3) is 0 Å². The summed E-state index contributed by atoms with van der Waals surface area (Å²) in [6.07, 6.45) is 5.54. The number of alkyl halides is 1. The Morgan fingerprint density at radius 1 is 1.14 bits per heavy atom. The van der Waals surface area contributed by atoms with Crippen LogP contribution in [0.1, 0.15) is 27.7 Å². The summed E-state index contributed by atoms with van der Waals surface area (Å²) in [5.41, 5.74) is 0. The minimum atomic E-state index is 0.289. The van der Waals surface area contributed by atoms with Gasteiger partial charge < -0.3 is 4.48 Å². The molecule has 0 aliphatic carbocycles. The molecule has 0 saturated heterocycles. The summed E-state index contributed by atoms with van der Waals surface area (Å²) in [4.78, 5) is 0. The van der Waals surface area contributed by atoms with Crippen LogP contribution in [0.2, 0.25) is 0 Å². The molecule has 0 N–H and O–H groups in total. The van der Waals surface area contributed by atoms with Crippen molar-refractivity contribution in [3.8, 4) is 12.3 Å². The maximum atomic E-state index is 5.54. The standard InChI is InChI=1S/C12H23IN/c1-7-12(13)14(6,8-10(2)3)9-11(4)5/h1,10-12H,8-9H2,2-6H3/q+1. The summed E-state index contributed by atoms with van der Waals surface area (Å²) in [5, 5.41) is 0. The third-order valence-corrected chi connectivity index (χ3v) is 3.95. The lowest BCUT2D eigenvalue weighted by Crippen LogP contribution is -2.53. The van der Waals surface area contributed by atoms with Crippen LogP contribution in [0.15, 0.2) is 0 Å². The maximum Gasteiger partial charge on any atom is 0.200 e. The van der Waals surface area contributed by atoms with Gasteiger partial charge in [0.15, 0.2) is 4.05 Å². The SMILES string of the molecule is C#CC(I)[N+](C)(CC(C)C)CC(C)C. The number of rotatable bonds is 5. The molecule has 0 aromatic rings. The highest BCUT2D eigenvalue weighted by Gasteiger charge is 2.30. The van der Waals surface area contributed by atoms with E-state index in [0.717, 1.165) is 17.6 Å². The molecule has 0 rings (SSSR count). The van der Waals surface area contributed by atoms with Crippen molar-refractivity contribution in [1.29, 1.82) is 0 Å². The molecule has 82 valence electrons. The van der Waals surface area contributed by atoms with Gasteiger partial charge in [-0.25, -0.2) is 0 Å². The monoisotopic (exact) mass is 308 g/mol. The molecule has 1 atom stereocenters. The van der Waals surface area contributed by atoms with E-state index >= 15 is 0 Å². The molecule has 0 radical (unpaired) electrons. The van der Waals surface area contributed by atoms with Gasteiger partial charge in [-0.15, -0.1) is 6.42 Å². The predicted molar refractivity (Wildman–Crippen MR) is 72.2 cm³/mol. The normalized spacial score (nSPS) is 14.5. The van der Waals surface area contributed by atoms with Crippen LogP contribution >= 0.6 is 22.6 Å². The van der Waals surface area contributed by atoms with Crippen LogP contribution in [0.5, 0.6) is 0 Å². The van der Waals surface area contributed by atoms with Gasteiger partial charge in [0.05, 0.1) is 20.1 Å². The number of hydrogen-bond acceptors (Lipinski definition) is 0. The molecule has 0 amide bonds. The Balaban J connectivity index is 4.59. The van der Waals surface area contributed by atoms with E-state index in [1.54, 1.807) is 0 Å². The maximum absolute atomic E-state index is 5.54. The second kappa shape index (κ2) is 5.97. The Labute approximate surface area is 103 Å². The first-order chi connectivity index (χ1) is 6.31. The Morgan fingerprint density at radius 2 is 1.50 bits per heavy atom. The Hall–Kier alpha value is 0.250. The molecule has 14 heavy (non-hydrogen) atoms. The quantitative estimate of drug-likeness (QED) is 0.241. The van der Waals surface area contributed by atoms with Gasteiger partial charge in [-0.05, 0) is 5.92 Å². The fourth-order valence-corrected chi connectivity index (χ4v) is 2.56. The smallest absolute Gasteiger partial charge is 0.200 e. The average Bonchev–Trinajstić information content (AvgIpc) is 1.99. The molecule has 1 unspecified atom stereocenters. The summed E-state index contributed by atoms with van der Waals surface area (Å²) >= 11 is 2.39. The molecule has 0 bridgehead atoms. The van der Waals surface area contributed by atoms with Crippen molar-refractivity contribution in [3.63, 3.8) is 0 Å². The number of quaternary nitrogens is 1. The van der Waals surface area contributed by atoms with Crippen molar-refractivity contribution >= 4 is 22.6 Å². The Morgan fingerprint density at radius 3 is 1.71 bits per heavy atom. The van der Waals surface area contributed by atoms with Crippen molar-refractivity contribution in [2.24, 2.45) is 11.8 Å². The van der Waals surface area contributed by atoms with Crippen LogP contribution in [-0.4, -0.2) is 28.7 Å². The lowest BCUT2D eigenvalue weighted by atomic mass is 10.1. The van der Waals surface area contributed by atoms with E-state index in [1.807, 2.05) is 0 Å². The average molecular weight is 308 g/mol. The van der Waals surface area contributed by atoms with Crippen LogP contribution in [0.4, 0.5) is 0 Å². The zero-order valence-corrected chi connectivity index (χ0v) is 12.2. The highest BCUT2D eigenvalue weighted by atomic mass is 127. The molecule has 1 nitrogen and oxygen atoms in total. The van der Waals surface area contributed by atoms with E-state index in [9.17, 15) is 0 Å². The largest absolute Gasteiger partial charge is 0.305 e. The molecule has 0 aliphatic heterocycles. The van der Waals surface area contributed by atoms with Gasteiger partial charge in [-0.2, -0.15) is 0 Å². The van der Waals surface area contributed by atoms with E-state index in [-0.39, 0.29) is 4.05 Å². The van der Waals surface area contributed by atoms with E-state index < -0.39 is 0 Å². The van der Waals surface area contributed by atoms with Gasteiger partial charge in [-0.3, -0.25) is 0 Å². The summed E-state index contributed by atoms with van der Waals surface area (Å²) in [5.74, 6) is 4.27. The lowest BCUT2D eigenvalue weighted by Gasteiger charge is -2.39. The van der Waals surface area contributed by atoms with E-state index in [4.69, 9.17) is 6.42 Å². The molecule has 2 heteroatoms. The van der Waals surface area contributed by atoms with Crippen molar-refractivity contribution in [2.45, 2.75) is 31.7 Å². The molecular formula is C12H23IN+. The van der Waals surface area contributed by atoms with Gasteiger partial charge in [0.2, 0.25) is 0 Å². The predicted octanol–water partition coefficient (Wildman–Crippen LogP) is 3.14. The van der Waals surface area contributed by atoms with Crippen LogP contribution in [-0.2, 0) is 0 Å². The highest BCUT2D eigenvalue weighted by Crippen LogP contribution is 2.21. The minimum absolute atomic E-state index is 0.289. The first-order valence-electron chi connectivity index (χ1n) is 5.26. The molecule has 0 heterocycles. The second-order valence-corrected chi connectivity index (χ2v) is 6.31. The summed E-state index contributed by atoms with van der Waals surface area (Å²) in [7, 11) is 2.27. The van der Waals surface area contributed by atoms with Crippen molar-refractivity contribution < 1.29 is 4.48 Å². The number of terminal acetylenes is 1. The zero-order valence-electron chi connectivity index (χ0n) is 10.0. The third kappa shape index (κ3) is 4.65. The zero-order chi connectivity index (χ0) is 11.4. The first kappa shape index (κ1) is 14.2. The first-order valence-corrected chi connectivity index (χ1v) is 6.50.